The Labute approximate surface area is 78.0 Å². The highest BCUT2D eigenvalue weighted by Crippen LogP contribution is 2.21. The lowest BCUT2D eigenvalue weighted by molar-refractivity contribution is 0.529. The lowest BCUT2D eigenvalue weighted by Crippen LogP contribution is -1.72. The average Bonchev–Trinajstić information content (AvgIpc) is 2.67. The molecule has 1 heteroatoms. The summed E-state index contributed by atoms with van der Waals surface area (Å²) in [7, 11) is 0. The maximum Gasteiger partial charge on any atom is 0.134 e. The number of furan rings is 1. The fraction of sp³-hybridized carbons (Fsp3) is 0.167. The minimum absolute atomic E-state index is 0.951. The van der Waals surface area contributed by atoms with Crippen molar-refractivity contribution in [1.82, 2.24) is 0 Å². The Morgan fingerprint density at radius 1 is 1.00 bits per heavy atom. The van der Waals surface area contributed by atoms with Crippen LogP contribution in [0.3, 0.4) is 0 Å². The van der Waals surface area contributed by atoms with Crippen LogP contribution in [0.4, 0.5) is 0 Å². The van der Waals surface area contributed by atoms with Crippen LogP contribution in [0.15, 0.2) is 46.9 Å². The van der Waals surface area contributed by atoms with Crippen LogP contribution in [0.25, 0.3) is 11.3 Å². The summed E-state index contributed by atoms with van der Waals surface area (Å²) in [6, 6.07) is 14.2. The van der Waals surface area contributed by atoms with E-state index in [4.69, 9.17) is 4.42 Å². The van der Waals surface area contributed by atoms with Crippen LogP contribution in [0.1, 0.15) is 12.7 Å². The quantitative estimate of drug-likeness (QED) is 0.675. The summed E-state index contributed by atoms with van der Waals surface area (Å²) >= 11 is 0. The number of rotatable bonds is 2. The highest BCUT2D eigenvalue weighted by molar-refractivity contribution is 5.57. The molecule has 2 aromatic rings. The second kappa shape index (κ2) is 3.48. The van der Waals surface area contributed by atoms with Gasteiger partial charge in [-0.25, -0.2) is 0 Å². The van der Waals surface area contributed by atoms with Gasteiger partial charge in [0.25, 0.3) is 0 Å². The van der Waals surface area contributed by atoms with Crippen molar-refractivity contribution in [2.24, 2.45) is 0 Å². The lowest BCUT2D eigenvalue weighted by Gasteiger charge is -1.94. The van der Waals surface area contributed by atoms with Crippen LogP contribution in [0.2, 0.25) is 0 Å². The average molecular weight is 172 g/mol. The molecule has 0 aliphatic heterocycles. The van der Waals surface area contributed by atoms with E-state index in [1.54, 1.807) is 0 Å². The maximum absolute atomic E-state index is 5.62. The van der Waals surface area contributed by atoms with Crippen molar-refractivity contribution in [1.29, 1.82) is 0 Å². The van der Waals surface area contributed by atoms with Crippen molar-refractivity contribution in [2.45, 2.75) is 13.3 Å². The largest absolute Gasteiger partial charge is 0.461 e. The Morgan fingerprint density at radius 2 is 1.77 bits per heavy atom. The predicted octanol–water partition coefficient (Wildman–Crippen LogP) is 3.51. The molecule has 0 N–H and O–H groups in total. The molecule has 0 fully saturated rings. The third-order valence-corrected chi connectivity index (χ3v) is 2.07. The van der Waals surface area contributed by atoms with Gasteiger partial charge in [0.2, 0.25) is 0 Å². The molecule has 0 aliphatic carbocycles. The van der Waals surface area contributed by atoms with Crippen LogP contribution >= 0.6 is 0 Å². The molecule has 2 rings (SSSR count). The van der Waals surface area contributed by atoms with Crippen molar-refractivity contribution in [3.8, 4) is 11.3 Å². The molecule has 66 valence electrons. The molecule has 0 saturated carbocycles. The number of benzene rings is 1. The van der Waals surface area contributed by atoms with Crippen molar-refractivity contribution < 1.29 is 4.42 Å². The third kappa shape index (κ3) is 1.64. The summed E-state index contributed by atoms with van der Waals surface area (Å²) in [6.45, 7) is 2.09. The van der Waals surface area contributed by atoms with E-state index in [1.807, 2.05) is 30.3 Å². The first kappa shape index (κ1) is 8.11. The van der Waals surface area contributed by atoms with Crippen molar-refractivity contribution >= 4 is 0 Å². The van der Waals surface area contributed by atoms with Crippen molar-refractivity contribution in [2.75, 3.05) is 0 Å². The van der Waals surface area contributed by atoms with Gasteiger partial charge in [0, 0.05) is 12.0 Å². The van der Waals surface area contributed by atoms with Gasteiger partial charge >= 0.3 is 0 Å². The molecule has 0 aliphatic rings. The van der Waals surface area contributed by atoms with Crippen LogP contribution in [0.5, 0.6) is 0 Å². The van der Waals surface area contributed by atoms with E-state index in [9.17, 15) is 0 Å². The highest BCUT2D eigenvalue weighted by atomic mass is 16.3. The molecule has 0 saturated heterocycles. The number of hydrogen-bond donors (Lipinski definition) is 0. The van der Waals surface area contributed by atoms with Gasteiger partial charge in [-0.1, -0.05) is 37.3 Å². The van der Waals surface area contributed by atoms with Gasteiger partial charge in [-0.15, -0.1) is 0 Å². The molecule has 1 heterocycles. The predicted molar refractivity (Wildman–Crippen MR) is 53.5 cm³/mol. The molecule has 1 aromatic carbocycles. The van der Waals surface area contributed by atoms with Gasteiger partial charge < -0.3 is 4.42 Å². The van der Waals surface area contributed by atoms with Crippen LogP contribution in [-0.2, 0) is 6.42 Å². The van der Waals surface area contributed by atoms with E-state index in [1.165, 1.54) is 0 Å². The Hall–Kier alpha value is -1.50. The summed E-state index contributed by atoms with van der Waals surface area (Å²) in [5.41, 5.74) is 1.14. The third-order valence-electron chi connectivity index (χ3n) is 2.07. The van der Waals surface area contributed by atoms with E-state index in [2.05, 4.69) is 19.1 Å². The Kier molecular flexibility index (Phi) is 2.17. The highest BCUT2D eigenvalue weighted by Gasteiger charge is 2.01. The zero-order valence-electron chi connectivity index (χ0n) is 7.66. The summed E-state index contributed by atoms with van der Waals surface area (Å²) in [4.78, 5) is 0. The molecule has 0 unspecified atom stereocenters. The molecular weight excluding hydrogens is 160 g/mol. The molecule has 0 atom stereocenters. The standard InChI is InChI=1S/C12H12O/c1-2-11-8-9-12(13-11)10-6-4-3-5-7-10/h3-9H,2H2,1H3. The smallest absolute Gasteiger partial charge is 0.134 e. The summed E-state index contributed by atoms with van der Waals surface area (Å²) < 4.78 is 5.62. The molecule has 0 amide bonds. The molecular formula is C12H12O. The first-order valence-corrected chi connectivity index (χ1v) is 4.54. The zero-order valence-corrected chi connectivity index (χ0v) is 7.66. The SMILES string of the molecule is CCc1ccc(-c2ccccc2)o1. The van der Waals surface area contributed by atoms with Crippen LogP contribution in [-0.4, -0.2) is 0 Å². The minimum atomic E-state index is 0.951. The topological polar surface area (TPSA) is 13.1 Å². The number of hydrogen-bond acceptors (Lipinski definition) is 1. The lowest BCUT2D eigenvalue weighted by atomic mass is 10.2. The van der Waals surface area contributed by atoms with E-state index in [-0.39, 0.29) is 0 Å². The van der Waals surface area contributed by atoms with Gasteiger partial charge in [-0.2, -0.15) is 0 Å². The second-order valence-electron chi connectivity index (χ2n) is 2.99. The Bertz CT molecular complexity index is 373. The Balaban J connectivity index is 2.36. The first-order chi connectivity index (χ1) is 6.40. The van der Waals surface area contributed by atoms with Crippen LogP contribution < -0.4 is 0 Å². The first-order valence-electron chi connectivity index (χ1n) is 4.54. The monoisotopic (exact) mass is 172 g/mol. The minimum Gasteiger partial charge on any atom is -0.461 e. The van der Waals surface area contributed by atoms with Crippen molar-refractivity contribution in [3.63, 3.8) is 0 Å². The van der Waals surface area contributed by atoms with E-state index in [0.717, 1.165) is 23.5 Å². The summed E-state index contributed by atoms with van der Waals surface area (Å²) in [6.07, 6.45) is 0.951. The molecule has 1 nitrogen and oxygen atoms in total. The van der Waals surface area contributed by atoms with Gasteiger partial charge in [-0.3, -0.25) is 0 Å². The molecule has 0 spiro atoms. The zero-order chi connectivity index (χ0) is 9.10. The van der Waals surface area contributed by atoms with Crippen molar-refractivity contribution in [3.05, 3.63) is 48.2 Å². The fourth-order valence-corrected chi connectivity index (χ4v) is 1.33. The second-order valence-corrected chi connectivity index (χ2v) is 2.99. The van der Waals surface area contributed by atoms with Crippen LogP contribution in [0, 0.1) is 0 Å². The molecule has 13 heavy (non-hydrogen) atoms. The molecule has 0 bridgehead atoms. The fourth-order valence-electron chi connectivity index (χ4n) is 1.33. The van der Waals surface area contributed by atoms with E-state index in [0.29, 0.717) is 0 Å². The maximum atomic E-state index is 5.62. The van der Waals surface area contributed by atoms with Gasteiger partial charge in [0.05, 0.1) is 0 Å². The summed E-state index contributed by atoms with van der Waals surface area (Å²) in [5.74, 6) is 2.00. The van der Waals surface area contributed by atoms with E-state index >= 15 is 0 Å². The van der Waals surface area contributed by atoms with Gasteiger partial charge in [-0.05, 0) is 12.1 Å². The van der Waals surface area contributed by atoms with Gasteiger partial charge in [0.1, 0.15) is 11.5 Å². The normalized spacial score (nSPS) is 10.2. The number of aryl methyl sites for hydroxylation is 1. The molecule has 0 radical (unpaired) electrons. The van der Waals surface area contributed by atoms with E-state index < -0.39 is 0 Å². The Morgan fingerprint density at radius 3 is 2.38 bits per heavy atom. The molecule has 1 aromatic heterocycles. The summed E-state index contributed by atoms with van der Waals surface area (Å²) in [5, 5.41) is 0. The van der Waals surface area contributed by atoms with Gasteiger partial charge in [0.15, 0.2) is 0 Å².